The van der Waals surface area contributed by atoms with E-state index in [0.29, 0.717) is 0 Å². The zero-order valence-corrected chi connectivity index (χ0v) is 15.4. The number of aromatic nitrogens is 2. The molecule has 134 valence electrons. The van der Waals surface area contributed by atoms with E-state index in [1.54, 1.807) is 0 Å². The fourth-order valence-corrected chi connectivity index (χ4v) is 3.74. The highest BCUT2D eigenvalue weighted by molar-refractivity contribution is 5.50. The summed E-state index contributed by atoms with van der Waals surface area (Å²) >= 11 is 0. The highest BCUT2D eigenvalue weighted by Crippen LogP contribution is 2.40. The van der Waals surface area contributed by atoms with E-state index >= 15 is 0 Å². The van der Waals surface area contributed by atoms with E-state index in [0.717, 1.165) is 5.69 Å². The van der Waals surface area contributed by atoms with E-state index in [1.807, 2.05) is 31.5 Å². The Hall–Kier alpha value is -3.17. The molecule has 27 heavy (non-hydrogen) atoms. The van der Waals surface area contributed by atoms with E-state index in [4.69, 9.17) is 5.73 Å². The fraction of sp³-hybridized carbons (Fsp3) is 0.125. The third-order valence-electron chi connectivity index (χ3n) is 5.03. The molecule has 1 heterocycles. The van der Waals surface area contributed by atoms with Crippen molar-refractivity contribution in [2.75, 3.05) is 0 Å². The molecule has 0 fully saturated rings. The fourth-order valence-electron chi connectivity index (χ4n) is 3.74. The summed E-state index contributed by atoms with van der Waals surface area (Å²) in [4.78, 5) is 4.60. The average Bonchev–Trinajstić information content (AvgIpc) is 3.22. The molecule has 4 aromatic rings. The van der Waals surface area contributed by atoms with Gasteiger partial charge in [0.25, 0.3) is 0 Å². The van der Waals surface area contributed by atoms with Crippen LogP contribution in [0.5, 0.6) is 0 Å². The third-order valence-corrected chi connectivity index (χ3v) is 5.03. The van der Waals surface area contributed by atoms with Gasteiger partial charge in [-0.05, 0) is 23.6 Å². The maximum absolute atomic E-state index is 6.11. The number of benzene rings is 3. The van der Waals surface area contributed by atoms with Crippen LogP contribution < -0.4 is 5.73 Å². The molecular formula is C24H23N3. The second-order valence-electron chi connectivity index (χ2n) is 6.80. The normalized spacial score (nSPS) is 12.7. The van der Waals surface area contributed by atoms with Gasteiger partial charge in [-0.25, -0.2) is 4.98 Å². The zero-order valence-electron chi connectivity index (χ0n) is 15.4. The number of imidazole rings is 1. The van der Waals surface area contributed by atoms with Gasteiger partial charge in [-0.2, -0.15) is 0 Å². The van der Waals surface area contributed by atoms with Gasteiger partial charge in [-0.3, -0.25) is 0 Å². The monoisotopic (exact) mass is 353 g/mol. The van der Waals surface area contributed by atoms with Crippen LogP contribution in [0.1, 0.15) is 35.3 Å². The molecule has 0 radical (unpaired) electrons. The summed E-state index contributed by atoms with van der Waals surface area (Å²) in [5.74, 6) is 0. The second kappa shape index (κ2) is 7.22. The Bertz CT molecular complexity index is 893. The van der Waals surface area contributed by atoms with Crippen LogP contribution in [0, 0.1) is 0 Å². The second-order valence-corrected chi connectivity index (χ2v) is 6.80. The molecule has 1 unspecified atom stereocenters. The number of hydrogen-bond acceptors (Lipinski definition) is 2. The van der Waals surface area contributed by atoms with Crippen LogP contribution in [0.2, 0.25) is 0 Å². The van der Waals surface area contributed by atoms with Gasteiger partial charge >= 0.3 is 0 Å². The van der Waals surface area contributed by atoms with Crippen LogP contribution in [0.4, 0.5) is 0 Å². The van der Waals surface area contributed by atoms with Crippen LogP contribution in [0.15, 0.2) is 104 Å². The lowest BCUT2D eigenvalue weighted by molar-refractivity contribution is 0.513. The quantitative estimate of drug-likeness (QED) is 0.527. The van der Waals surface area contributed by atoms with Gasteiger partial charge in [0.15, 0.2) is 0 Å². The van der Waals surface area contributed by atoms with Gasteiger partial charge in [0, 0.05) is 12.2 Å². The first-order chi connectivity index (χ1) is 13.2. The molecule has 2 N–H and O–H groups in total. The first-order valence-corrected chi connectivity index (χ1v) is 9.19. The predicted octanol–water partition coefficient (Wildman–Crippen LogP) is 4.74. The molecule has 0 aliphatic carbocycles. The van der Waals surface area contributed by atoms with Gasteiger partial charge in [-0.1, -0.05) is 91.0 Å². The van der Waals surface area contributed by atoms with E-state index in [-0.39, 0.29) is 6.04 Å². The van der Waals surface area contributed by atoms with Crippen LogP contribution >= 0.6 is 0 Å². The molecule has 0 spiro atoms. The lowest BCUT2D eigenvalue weighted by atomic mass is 9.77. The van der Waals surface area contributed by atoms with Crippen molar-refractivity contribution in [1.82, 2.24) is 9.55 Å². The number of nitrogens with zero attached hydrogens (tertiary/aromatic N) is 2. The highest BCUT2D eigenvalue weighted by atomic mass is 15.1. The topological polar surface area (TPSA) is 43.8 Å². The smallest absolute Gasteiger partial charge is 0.121 e. The first kappa shape index (κ1) is 17.3. The Kier molecular flexibility index (Phi) is 4.61. The standard InChI is InChI=1S/C24H23N3/c1-19(25)23-17-27(18-26-23)24(20-11-5-2-6-12-20,21-13-7-3-8-14-21)22-15-9-4-10-16-22/h2-19H,25H2,1H3. The maximum atomic E-state index is 6.11. The minimum atomic E-state index is -0.524. The van der Waals surface area contributed by atoms with E-state index in [2.05, 4.69) is 88.5 Å². The number of nitrogens with two attached hydrogens (primary N) is 1. The molecule has 0 amide bonds. The van der Waals surface area contributed by atoms with Crippen molar-refractivity contribution in [3.8, 4) is 0 Å². The molecule has 1 aromatic heterocycles. The molecular weight excluding hydrogens is 330 g/mol. The van der Waals surface area contributed by atoms with Crippen molar-refractivity contribution < 1.29 is 0 Å². The predicted molar refractivity (Wildman–Crippen MR) is 109 cm³/mol. The molecule has 0 saturated carbocycles. The van der Waals surface area contributed by atoms with Gasteiger partial charge < -0.3 is 10.3 Å². The van der Waals surface area contributed by atoms with Crippen molar-refractivity contribution >= 4 is 0 Å². The maximum Gasteiger partial charge on any atom is 0.121 e. The summed E-state index contributed by atoms with van der Waals surface area (Å²) in [6, 6.07) is 31.6. The summed E-state index contributed by atoms with van der Waals surface area (Å²) < 4.78 is 2.19. The minimum absolute atomic E-state index is 0.119. The molecule has 1 atom stereocenters. The summed E-state index contributed by atoms with van der Waals surface area (Å²) in [6.07, 6.45) is 3.96. The Morgan fingerprint density at radius 3 is 1.48 bits per heavy atom. The SMILES string of the molecule is CC(N)c1cn(C(c2ccccc2)(c2ccccc2)c2ccccc2)cn1. The summed E-state index contributed by atoms with van der Waals surface area (Å²) in [6.45, 7) is 1.96. The van der Waals surface area contributed by atoms with E-state index in [9.17, 15) is 0 Å². The summed E-state index contributed by atoms with van der Waals surface area (Å²) in [5.41, 5.74) is 9.99. The van der Waals surface area contributed by atoms with Crippen LogP contribution in [-0.4, -0.2) is 9.55 Å². The number of rotatable bonds is 5. The molecule has 0 bridgehead atoms. The Morgan fingerprint density at radius 2 is 1.15 bits per heavy atom. The van der Waals surface area contributed by atoms with Crippen molar-refractivity contribution in [1.29, 1.82) is 0 Å². The zero-order chi connectivity index (χ0) is 18.7. The lowest BCUT2D eigenvalue weighted by Crippen LogP contribution is -2.37. The van der Waals surface area contributed by atoms with E-state index in [1.165, 1.54) is 16.7 Å². The van der Waals surface area contributed by atoms with Crippen molar-refractivity contribution in [2.24, 2.45) is 5.73 Å². The molecule has 0 aliphatic rings. The Labute approximate surface area is 160 Å². The lowest BCUT2D eigenvalue weighted by Gasteiger charge is -2.37. The van der Waals surface area contributed by atoms with Crippen LogP contribution in [0.25, 0.3) is 0 Å². The Balaban J connectivity index is 2.09. The van der Waals surface area contributed by atoms with Crippen molar-refractivity contribution in [3.05, 3.63) is 126 Å². The Morgan fingerprint density at radius 1 is 0.741 bits per heavy atom. The van der Waals surface area contributed by atoms with Crippen LogP contribution in [-0.2, 0) is 5.54 Å². The minimum Gasteiger partial charge on any atom is -0.323 e. The molecule has 3 aromatic carbocycles. The van der Waals surface area contributed by atoms with E-state index < -0.39 is 5.54 Å². The van der Waals surface area contributed by atoms with Crippen molar-refractivity contribution in [3.63, 3.8) is 0 Å². The van der Waals surface area contributed by atoms with Gasteiger partial charge in [-0.15, -0.1) is 0 Å². The summed E-state index contributed by atoms with van der Waals surface area (Å²) in [7, 11) is 0. The summed E-state index contributed by atoms with van der Waals surface area (Å²) in [5, 5.41) is 0. The van der Waals surface area contributed by atoms with Gasteiger partial charge in [0.2, 0.25) is 0 Å². The third kappa shape index (κ3) is 2.96. The molecule has 0 aliphatic heterocycles. The highest BCUT2D eigenvalue weighted by Gasteiger charge is 2.38. The molecule has 0 saturated heterocycles. The van der Waals surface area contributed by atoms with Crippen molar-refractivity contribution in [2.45, 2.75) is 18.5 Å². The molecule has 3 heteroatoms. The first-order valence-electron chi connectivity index (χ1n) is 9.19. The largest absolute Gasteiger partial charge is 0.323 e. The molecule has 3 nitrogen and oxygen atoms in total. The number of hydrogen-bond donors (Lipinski definition) is 1. The van der Waals surface area contributed by atoms with Gasteiger partial charge in [0.05, 0.1) is 12.0 Å². The van der Waals surface area contributed by atoms with Crippen LogP contribution in [0.3, 0.4) is 0 Å². The molecule has 4 rings (SSSR count). The van der Waals surface area contributed by atoms with Gasteiger partial charge in [0.1, 0.15) is 5.54 Å². The average molecular weight is 353 g/mol.